The van der Waals surface area contributed by atoms with Crippen LogP contribution < -0.4 is 5.32 Å². The van der Waals surface area contributed by atoms with Gasteiger partial charge in [0, 0.05) is 30.9 Å². The van der Waals surface area contributed by atoms with E-state index in [9.17, 15) is 4.39 Å². The smallest absolute Gasteiger partial charge is 0.129 e. The molecule has 1 N–H and O–H groups in total. The summed E-state index contributed by atoms with van der Waals surface area (Å²) in [5.74, 6) is 0.710. The highest BCUT2D eigenvalue weighted by Crippen LogP contribution is 2.17. The molecule has 0 saturated carbocycles. The fraction of sp³-hybridized carbons (Fsp3) is 0.412. The Kier molecular flexibility index (Phi) is 4.63. The van der Waals surface area contributed by atoms with Gasteiger partial charge in [-0.2, -0.15) is 0 Å². The van der Waals surface area contributed by atoms with Crippen molar-refractivity contribution in [2.75, 3.05) is 18.4 Å². The van der Waals surface area contributed by atoms with Crippen LogP contribution in [0.1, 0.15) is 24.1 Å². The van der Waals surface area contributed by atoms with E-state index in [1.807, 2.05) is 25.1 Å². The molecule has 0 aliphatic carbocycles. The van der Waals surface area contributed by atoms with Crippen LogP contribution in [-0.4, -0.2) is 34.0 Å². The number of piperidine rings is 1. The van der Waals surface area contributed by atoms with Crippen molar-refractivity contribution in [3.05, 3.63) is 53.7 Å². The van der Waals surface area contributed by atoms with Gasteiger partial charge < -0.3 is 5.32 Å². The Morgan fingerprint density at radius 1 is 1.27 bits per heavy atom. The maximum absolute atomic E-state index is 13.0. The molecule has 1 fully saturated rings. The molecule has 0 bridgehead atoms. The van der Waals surface area contributed by atoms with Crippen molar-refractivity contribution in [2.45, 2.75) is 32.4 Å². The number of hydrogen-bond acceptors (Lipinski definition) is 4. The predicted molar refractivity (Wildman–Crippen MR) is 85.1 cm³/mol. The molecule has 1 unspecified atom stereocenters. The first-order chi connectivity index (χ1) is 10.7. The van der Waals surface area contributed by atoms with E-state index >= 15 is 0 Å². The fourth-order valence-corrected chi connectivity index (χ4v) is 2.91. The first-order valence-corrected chi connectivity index (χ1v) is 7.71. The van der Waals surface area contributed by atoms with Gasteiger partial charge >= 0.3 is 0 Å². The molecule has 1 saturated heterocycles. The Labute approximate surface area is 130 Å². The van der Waals surface area contributed by atoms with Crippen LogP contribution >= 0.6 is 0 Å². The van der Waals surface area contributed by atoms with E-state index in [0.29, 0.717) is 6.04 Å². The Morgan fingerprint density at radius 3 is 2.86 bits per heavy atom. The zero-order valence-corrected chi connectivity index (χ0v) is 12.8. The summed E-state index contributed by atoms with van der Waals surface area (Å²) in [7, 11) is 0. The van der Waals surface area contributed by atoms with E-state index < -0.39 is 0 Å². The molecule has 1 aliphatic rings. The number of aromatic nitrogens is 2. The molecular weight excluding hydrogens is 279 g/mol. The minimum absolute atomic E-state index is 0.180. The lowest BCUT2D eigenvalue weighted by Gasteiger charge is -2.33. The van der Waals surface area contributed by atoms with Gasteiger partial charge in [0.15, 0.2) is 0 Å². The number of hydrogen-bond donors (Lipinski definition) is 1. The summed E-state index contributed by atoms with van der Waals surface area (Å²) in [4.78, 5) is 10.8. The van der Waals surface area contributed by atoms with E-state index in [-0.39, 0.29) is 5.82 Å². The average molecular weight is 300 g/mol. The van der Waals surface area contributed by atoms with Crippen LogP contribution in [0.25, 0.3) is 0 Å². The number of nitrogens with zero attached hydrogens (tertiary/aromatic N) is 3. The molecule has 3 rings (SSSR count). The van der Waals surface area contributed by atoms with Gasteiger partial charge in [-0.25, -0.2) is 14.4 Å². The summed E-state index contributed by atoms with van der Waals surface area (Å²) in [5, 5.41) is 3.49. The number of rotatable bonds is 4. The van der Waals surface area contributed by atoms with E-state index in [4.69, 9.17) is 0 Å². The monoisotopic (exact) mass is 300 g/mol. The molecule has 2 heterocycles. The summed E-state index contributed by atoms with van der Waals surface area (Å²) in [6.07, 6.45) is 3.89. The second-order valence-electron chi connectivity index (χ2n) is 5.89. The van der Waals surface area contributed by atoms with Crippen LogP contribution in [0.15, 0.2) is 36.7 Å². The Morgan fingerprint density at radius 2 is 2.09 bits per heavy atom. The molecule has 1 atom stereocenters. The lowest BCUT2D eigenvalue weighted by atomic mass is 10.0. The molecule has 1 aromatic heterocycles. The minimum Gasteiger partial charge on any atom is -0.366 e. The number of aryl methyl sites for hydroxylation is 1. The topological polar surface area (TPSA) is 41.0 Å². The molecule has 0 spiro atoms. The highest BCUT2D eigenvalue weighted by atomic mass is 19.1. The number of anilines is 1. The third-order valence-corrected chi connectivity index (χ3v) is 3.98. The molecule has 116 valence electrons. The van der Waals surface area contributed by atoms with Gasteiger partial charge in [-0.15, -0.1) is 0 Å². The number of nitrogens with one attached hydrogen (secondary N) is 1. The van der Waals surface area contributed by atoms with Gasteiger partial charge in [-0.05, 0) is 44.0 Å². The Bertz CT molecular complexity index is 614. The van der Waals surface area contributed by atoms with Crippen LogP contribution in [0.2, 0.25) is 0 Å². The quantitative estimate of drug-likeness (QED) is 0.942. The lowest BCUT2D eigenvalue weighted by molar-refractivity contribution is 0.208. The summed E-state index contributed by atoms with van der Waals surface area (Å²) < 4.78 is 13.0. The first-order valence-electron chi connectivity index (χ1n) is 7.71. The molecule has 1 aliphatic heterocycles. The zero-order chi connectivity index (χ0) is 15.4. The number of benzene rings is 1. The van der Waals surface area contributed by atoms with Gasteiger partial charge in [0.1, 0.15) is 18.0 Å². The molecule has 0 amide bonds. The standard InChI is InChI=1S/C17H21FN4/c1-13-9-17(20-12-19-13)21-16-3-2-8-22(11-16)10-14-4-6-15(18)7-5-14/h4-7,9,12,16H,2-3,8,10-11H2,1H3,(H,19,20,21). The zero-order valence-electron chi connectivity index (χ0n) is 12.8. The van der Waals surface area contributed by atoms with Crippen molar-refractivity contribution in [3.8, 4) is 0 Å². The normalized spacial score (nSPS) is 19.1. The van der Waals surface area contributed by atoms with Crippen molar-refractivity contribution >= 4 is 5.82 Å². The molecule has 22 heavy (non-hydrogen) atoms. The second-order valence-corrected chi connectivity index (χ2v) is 5.89. The molecule has 1 aromatic carbocycles. The Balaban J connectivity index is 1.58. The largest absolute Gasteiger partial charge is 0.366 e. The molecule has 5 heteroatoms. The number of halogens is 1. The van der Waals surface area contributed by atoms with Gasteiger partial charge in [-0.1, -0.05) is 12.1 Å². The van der Waals surface area contributed by atoms with Gasteiger partial charge in [0.05, 0.1) is 0 Å². The van der Waals surface area contributed by atoms with E-state index in [1.165, 1.54) is 12.1 Å². The minimum atomic E-state index is -0.180. The van der Waals surface area contributed by atoms with Crippen LogP contribution in [0, 0.1) is 12.7 Å². The number of likely N-dealkylation sites (tertiary alicyclic amines) is 1. The van der Waals surface area contributed by atoms with Crippen molar-refractivity contribution in [3.63, 3.8) is 0 Å². The van der Waals surface area contributed by atoms with Gasteiger partial charge in [0.2, 0.25) is 0 Å². The van der Waals surface area contributed by atoms with Crippen molar-refractivity contribution in [1.82, 2.24) is 14.9 Å². The SMILES string of the molecule is Cc1cc(NC2CCCN(Cc3ccc(F)cc3)C2)ncn1. The van der Waals surface area contributed by atoms with E-state index in [1.54, 1.807) is 6.33 Å². The average Bonchev–Trinajstić information content (AvgIpc) is 2.50. The van der Waals surface area contributed by atoms with E-state index in [0.717, 1.165) is 49.6 Å². The molecule has 2 aromatic rings. The van der Waals surface area contributed by atoms with E-state index in [2.05, 4.69) is 20.2 Å². The highest BCUT2D eigenvalue weighted by molar-refractivity contribution is 5.35. The van der Waals surface area contributed by atoms with Gasteiger partial charge in [0.25, 0.3) is 0 Å². The highest BCUT2D eigenvalue weighted by Gasteiger charge is 2.20. The molecule has 4 nitrogen and oxygen atoms in total. The third-order valence-electron chi connectivity index (χ3n) is 3.98. The molecular formula is C17H21FN4. The summed E-state index contributed by atoms with van der Waals surface area (Å²) in [6, 6.07) is 9.14. The van der Waals surface area contributed by atoms with Crippen molar-refractivity contribution < 1.29 is 4.39 Å². The predicted octanol–water partition coefficient (Wildman–Crippen LogP) is 3.00. The summed E-state index contributed by atoms with van der Waals surface area (Å²) in [5.41, 5.74) is 2.12. The third kappa shape index (κ3) is 4.01. The van der Waals surface area contributed by atoms with Crippen LogP contribution in [-0.2, 0) is 6.54 Å². The second kappa shape index (κ2) is 6.83. The maximum Gasteiger partial charge on any atom is 0.129 e. The summed E-state index contributed by atoms with van der Waals surface area (Å²) >= 11 is 0. The van der Waals surface area contributed by atoms with Crippen molar-refractivity contribution in [2.24, 2.45) is 0 Å². The maximum atomic E-state index is 13.0. The lowest BCUT2D eigenvalue weighted by Crippen LogP contribution is -2.41. The summed E-state index contributed by atoms with van der Waals surface area (Å²) in [6.45, 7) is 4.88. The Hall–Kier alpha value is -2.01. The fourth-order valence-electron chi connectivity index (χ4n) is 2.91. The van der Waals surface area contributed by atoms with Crippen molar-refractivity contribution in [1.29, 1.82) is 0 Å². The van der Waals surface area contributed by atoms with Gasteiger partial charge in [-0.3, -0.25) is 4.90 Å². The van der Waals surface area contributed by atoms with Crippen LogP contribution in [0.5, 0.6) is 0 Å². The molecule has 0 radical (unpaired) electrons. The first kappa shape index (κ1) is 14.9. The van der Waals surface area contributed by atoms with Crippen LogP contribution in [0.4, 0.5) is 10.2 Å². The van der Waals surface area contributed by atoms with Crippen LogP contribution in [0.3, 0.4) is 0 Å².